The van der Waals surface area contributed by atoms with Crippen LogP contribution in [0.15, 0.2) is 0 Å². The molecule has 1 aliphatic rings. The second kappa shape index (κ2) is 7.70. The average Bonchev–Trinajstić information content (AvgIpc) is 2.44. The molecule has 1 heterocycles. The van der Waals surface area contributed by atoms with Gasteiger partial charge in [0.2, 0.25) is 17.7 Å². The number of nitrogens with zero attached hydrogens (tertiary/aromatic N) is 1. The van der Waals surface area contributed by atoms with Gasteiger partial charge in [-0.05, 0) is 6.92 Å². The van der Waals surface area contributed by atoms with Crippen molar-refractivity contribution in [3.05, 3.63) is 0 Å². The summed E-state index contributed by atoms with van der Waals surface area (Å²) in [4.78, 5) is 36.0. The highest BCUT2D eigenvalue weighted by atomic mass is 16.5. The minimum atomic E-state index is -0.625. The van der Waals surface area contributed by atoms with E-state index in [2.05, 4.69) is 10.6 Å². The molecule has 8 nitrogen and oxygen atoms in total. The third kappa shape index (κ3) is 5.23. The van der Waals surface area contributed by atoms with E-state index in [1.807, 2.05) is 0 Å². The minimum absolute atomic E-state index is 0.151. The third-order valence-corrected chi connectivity index (χ3v) is 2.70. The van der Waals surface area contributed by atoms with Gasteiger partial charge in [-0.2, -0.15) is 0 Å². The molecule has 0 aromatic heterocycles. The van der Waals surface area contributed by atoms with Crippen molar-refractivity contribution in [2.75, 3.05) is 39.4 Å². The monoisotopic (exact) mass is 272 g/mol. The van der Waals surface area contributed by atoms with E-state index >= 15 is 0 Å². The fourth-order valence-electron chi connectivity index (χ4n) is 1.66. The standard InChI is InChI=1S/C11H20N4O4/c1-8(11(18)15-2-4-19-5-3-15)14-10(17)7-13-9(16)6-12/h8H,2-7,12H2,1H3,(H,13,16)(H,14,17). The molecule has 4 N–H and O–H groups in total. The Bertz CT molecular complexity index is 342. The number of carbonyl (C=O) groups is 3. The number of nitrogens with two attached hydrogens (primary N) is 1. The van der Waals surface area contributed by atoms with Gasteiger partial charge in [-0.1, -0.05) is 0 Å². The van der Waals surface area contributed by atoms with Gasteiger partial charge in [-0.3, -0.25) is 14.4 Å². The van der Waals surface area contributed by atoms with Gasteiger partial charge in [-0.15, -0.1) is 0 Å². The summed E-state index contributed by atoms with van der Waals surface area (Å²) >= 11 is 0. The van der Waals surface area contributed by atoms with Crippen molar-refractivity contribution in [3.8, 4) is 0 Å². The smallest absolute Gasteiger partial charge is 0.245 e. The highest BCUT2D eigenvalue weighted by molar-refractivity contribution is 5.90. The molecule has 0 aromatic carbocycles. The van der Waals surface area contributed by atoms with E-state index in [9.17, 15) is 14.4 Å². The molecule has 0 aliphatic carbocycles. The molecule has 3 amide bonds. The number of rotatable bonds is 5. The van der Waals surface area contributed by atoms with Crippen LogP contribution in [0.2, 0.25) is 0 Å². The molecule has 108 valence electrons. The molecule has 1 atom stereocenters. The van der Waals surface area contributed by atoms with Gasteiger partial charge in [-0.25, -0.2) is 0 Å². The predicted molar refractivity (Wildman–Crippen MR) is 67.1 cm³/mol. The maximum absolute atomic E-state index is 12.0. The molecule has 1 fully saturated rings. The summed E-state index contributed by atoms with van der Waals surface area (Å²) in [5.74, 6) is -0.986. The highest BCUT2D eigenvalue weighted by Gasteiger charge is 2.23. The maximum atomic E-state index is 12.0. The number of hydrogen-bond donors (Lipinski definition) is 3. The first-order valence-electron chi connectivity index (χ1n) is 6.17. The molecule has 0 radical (unpaired) electrons. The van der Waals surface area contributed by atoms with Crippen LogP contribution in [-0.4, -0.2) is 68.1 Å². The van der Waals surface area contributed by atoms with Crippen molar-refractivity contribution in [2.24, 2.45) is 5.73 Å². The normalized spacial score (nSPS) is 16.6. The summed E-state index contributed by atoms with van der Waals surface area (Å²) in [7, 11) is 0. The van der Waals surface area contributed by atoms with Crippen LogP contribution in [0.4, 0.5) is 0 Å². The van der Waals surface area contributed by atoms with E-state index in [0.717, 1.165) is 0 Å². The van der Waals surface area contributed by atoms with E-state index in [0.29, 0.717) is 26.3 Å². The molecule has 1 aliphatic heterocycles. The Morgan fingerprint density at radius 1 is 1.26 bits per heavy atom. The summed E-state index contributed by atoms with van der Waals surface area (Å²) < 4.78 is 5.15. The fourth-order valence-corrected chi connectivity index (χ4v) is 1.66. The Kier molecular flexibility index (Phi) is 6.23. The van der Waals surface area contributed by atoms with Crippen LogP contribution in [0, 0.1) is 0 Å². The molecule has 1 unspecified atom stereocenters. The summed E-state index contributed by atoms with van der Waals surface area (Å²) in [6.45, 7) is 3.34. The molecule has 0 spiro atoms. The number of hydrogen-bond acceptors (Lipinski definition) is 5. The first-order chi connectivity index (χ1) is 9.04. The zero-order valence-corrected chi connectivity index (χ0v) is 11.0. The molecule has 19 heavy (non-hydrogen) atoms. The summed E-state index contributed by atoms with van der Waals surface area (Å²) in [5, 5.41) is 4.86. The third-order valence-electron chi connectivity index (χ3n) is 2.70. The number of ether oxygens (including phenoxy) is 1. The van der Waals surface area contributed by atoms with Crippen molar-refractivity contribution >= 4 is 17.7 Å². The molecule has 1 saturated heterocycles. The van der Waals surface area contributed by atoms with Gasteiger partial charge in [0, 0.05) is 13.1 Å². The van der Waals surface area contributed by atoms with Gasteiger partial charge in [0.25, 0.3) is 0 Å². The molecule has 0 aromatic rings. The van der Waals surface area contributed by atoms with Gasteiger partial charge in [0.05, 0.1) is 26.3 Å². The van der Waals surface area contributed by atoms with Gasteiger partial charge in [0.1, 0.15) is 6.04 Å². The fraction of sp³-hybridized carbons (Fsp3) is 0.727. The van der Waals surface area contributed by atoms with Crippen molar-refractivity contribution < 1.29 is 19.1 Å². The van der Waals surface area contributed by atoms with Gasteiger partial charge in [0.15, 0.2) is 0 Å². The first kappa shape index (κ1) is 15.4. The van der Waals surface area contributed by atoms with E-state index in [1.54, 1.807) is 11.8 Å². The topological polar surface area (TPSA) is 114 Å². The second-order valence-electron chi connectivity index (χ2n) is 4.21. The quantitative estimate of drug-likeness (QED) is 0.509. The SMILES string of the molecule is CC(NC(=O)CNC(=O)CN)C(=O)N1CCOCC1. The first-order valence-corrected chi connectivity index (χ1v) is 6.17. The van der Waals surface area contributed by atoms with Gasteiger partial charge < -0.3 is 26.0 Å². The number of amides is 3. The molecular weight excluding hydrogens is 252 g/mol. The van der Waals surface area contributed by atoms with Crippen molar-refractivity contribution in [3.63, 3.8) is 0 Å². The van der Waals surface area contributed by atoms with E-state index < -0.39 is 17.9 Å². The summed E-state index contributed by atoms with van der Waals surface area (Å²) in [6.07, 6.45) is 0. The van der Waals surface area contributed by atoms with Crippen LogP contribution in [0.1, 0.15) is 6.92 Å². The van der Waals surface area contributed by atoms with Gasteiger partial charge >= 0.3 is 0 Å². The number of carbonyl (C=O) groups excluding carboxylic acids is 3. The lowest BCUT2D eigenvalue weighted by Crippen LogP contribution is -2.52. The Balaban J connectivity index is 2.32. The lowest BCUT2D eigenvalue weighted by atomic mass is 10.2. The van der Waals surface area contributed by atoms with Crippen molar-refractivity contribution in [1.29, 1.82) is 0 Å². The minimum Gasteiger partial charge on any atom is -0.378 e. The van der Waals surface area contributed by atoms with Crippen LogP contribution in [-0.2, 0) is 19.1 Å². The zero-order chi connectivity index (χ0) is 14.3. The van der Waals surface area contributed by atoms with Crippen molar-refractivity contribution in [2.45, 2.75) is 13.0 Å². The molecular formula is C11H20N4O4. The number of morpholine rings is 1. The highest BCUT2D eigenvalue weighted by Crippen LogP contribution is 2.00. The maximum Gasteiger partial charge on any atom is 0.245 e. The average molecular weight is 272 g/mol. The Hall–Kier alpha value is -1.67. The van der Waals surface area contributed by atoms with Crippen molar-refractivity contribution in [1.82, 2.24) is 15.5 Å². The molecule has 0 bridgehead atoms. The van der Waals surface area contributed by atoms with Crippen LogP contribution >= 0.6 is 0 Å². The van der Waals surface area contributed by atoms with Crippen LogP contribution in [0.25, 0.3) is 0 Å². The lowest BCUT2D eigenvalue weighted by molar-refractivity contribution is -0.139. The van der Waals surface area contributed by atoms with Crippen LogP contribution in [0.5, 0.6) is 0 Å². The zero-order valence-electron chi connectivity index (χ0n) is 11.0. The molecule has 1 rings (SSSR count). The second-order valence-corrected chi connectivity index (χ2v) is 4.21. The Morgan fingerprint density at radius 3 is 2.47 bits per heavy atom. The van der Waals surface area contributed by atoms with E-state index in [-0.39, 0.29) is 19.0 Å². The van der Waals surface area contributed by atoms with Crippen LogP contribution in [0.3, 0.4) is 0 Å². The van der Waals surface area contributed by atoms with E-state index in [1.165, 1.54) is 0 Å². The predicted octanol–water partition coefficient (Wildman–Crippen LogP) is -2.58. The summed E-state index contributed by atoms with van der Waals surface area (Å²) in [6, 6.07) is -0.625. The number of nitrogens with one attached hydrogen (secondary N) is 2. The Labute approximate surface area is 111 Å². The van der Waals surface area contributed by atoms with Crippen LogP contribution < -0.4 is 16.4 Å². The lowest BCUT2D eigenvalue weighted by Gasteiger charge is -2.29. The largest absolute Gasteiger partial charge is 0.378 e. The molecule has 0 saturated carbocycles. The molecule has 8 heteroatoms. The summed E-state index contributed by atoms with van der Waals surface area (Å²) in [5.41, 5.74) is 5.09. The van der Waals surface area contributed by atoms with E-state index in [4.69, 9.17) is 10.5 Å². The Morgan fingerprint density at radius 2 is 1.89 bits per heavy atom.